The fraction of sp³-hybridized carbons (Fsp3) is 0.750. The van der Waals surface area contributed by atoms with Crippen LogP contribution < -0.4 is 5.32 Å². The molecule has 1 saturated heterocycles. The number of rotatable bonds is 3. The zero-order chi connectivity index (χ0) is 11.5. The van der Waals surface area contributed by atoms with Crippen molar-refractivity contribution < 1.29 is 4.79 Å². The molecule has 1 aliphatic rings. The van der Waals surface area contributed by atoms with Gasteiger partial charge >= 0.3 is 0 Å². The lowest BCUT2D eigenvalue weighted by atomic mass is 9.76. The number of carbonyl (C=O) groups excluding carboxylic acids is 1. The van der Waals surface area contributed by atoms with Gasteiger partial charge in [0, 0.05) is 12.6 Å². The molecule has 0 aromatic carbocycles. The summed E-state index contributed by atoms with van der Waals surface area (Å²) in [4.78, 5) is 13.5. The molecule has 86 valence electrons. The van der Waals surface area contributed by atoms with E-state index in [9.17, 15) is 4.79 Å². The maximum absolute atomic E-state index is 11.1. The maximum Gasteiger partial charge on any atom is 0.243 e. The Kier molecular flexibility index (Phi) is 3.91. The van der Waals surface area contributed by atoms with Gasteiger partial charge in [-0.2, -0.15) is 0 Å². The number of amides is 1. The molecular weight excluding hydrogens is 188 g/mol. The number of nitrogens with zero attached hydrogens (tertiary/aromatic N) is 1. The molecule has 0 saturated carbocycles. The van der Waals surface area contributed by atoms with Crippen molar-refractivity contribution in [2.75, 3.05) is 20.1 Å². The van der Waals surface area contributed by atoms with Gasteiger partial charge in [-0.25, -0.2) is 0 Å². The van der Waals surface area contributed by atoms with Crippen LogP contribution in [0.1, 0.15) is 26.7 Å². The summed E-state index contributed by atoms with van der Waals surface area (Å²) in [5.74, 6) is -0.0789. The van der Waals surface area contributed by atoms with Gasteiger partial charge in [0.1, 0.15) is 0 Å². The quantitative estimate of drug-likeness (QED) is 0.714. The molecule has 0 radical (unpaired) electrons. The molecule has 1 amide bonds. The highest BCUT2D eigenvalue weighted by Gasteiger charge is 2.35. The highest BCUT2D eigenvalue weighted by atomic mass is 16.1. The van der Waals surface area contributed by atoms with Gasteiger partial charge in [-0.15, -0.1) is 0 Å². The Balaban J connectivity index is 2.55. The van der Waals surface area contributed by atoms with Gasteiger partial charge in [0.05, 0.1) is 0 Å². The van der Waals surface area contributed by atoms with Crippen molar-refractivity contribution in [2.24, 2.45) is 5.41 Å². The van der Waals surface area contributed by atoms with Crippen LogP contribution >= 0.6 is 0 Å². The van der Waals surface area contributed by atoms with E-state index in [0.717, 1.165) is 6.54 Å². The minimum atomic E-state index is -0.0789. The molecule has 0 aromatic rings. The smallest absolute Gasteiger partial charge is 0.243 e. The van der Waals surface area contributed by atoms with E-state index < -0.39 is 0 Å². The SMILES string of the molecule is C=CC(=O)NCC1N(C)CCCC1(C)C. The summed E-state index contributed by atoms with van der Waals surface area (Å²) in [7, 11) is 2.13. The van der Waals surface area contributed by atoms with E-state index in [1.807, 2.05) is 0 Å². The van der Waals surface area contributed by atoms with E-state index in [2.05, 4.69) is 37.7 Å². The fourth-order valence-corrected chi connectivity index (χ4v) is 2.40. The third-order valence-corrected chi connectivity index (χ3v) is 3.42. The Hall–Kier alpha value is -0.830. The highest BCUT2D eigenvalue weighted by molar-refractivity contribution is 5.86. The summed E-state index contributed by atoms with van der Waals surface area (Å²) in [6, 6.07) is 0.426. The predicted octanol–water partition coefficient (Wildman–Crippen LogP) is 1.41. The number of likely N-dealkylation sites (N-methyl/N-ethyl adjacent to an activating group) is 1. The molecule has 1 fully saturated rings. The van der Waals surface area contributed by atoms with Crippen LogP contribution in [0.2, 0.25) is 0 Å². The lowest BCUT2D eigenvalue weighted by molar-refractivity contribution is -0.117. The lowest BCUT2D eigenvalue weighted by Gasteiger charge is -2.45. The Morgan fingerprint density at radius 3 is 2.87 bits per heavy atom. The Bertz CT molecular complexity index is 248. The summed E-state index contributed by atoms with van der Waals surface area (Å²) < 4.78 is 0. The second-order valence-electron chi connectivity index (χ2n) is 5.04. The van der Waals surface area contributed by atoms with Crippen molar-refractivity contribution >= 4 is 5.91 Å². The monoisotopic (exact) mass is 210 g/mol. The van der Waals surface area contributed by atoms with Crippen LogP contribution in [0.5, 0.6) is 0 Å². The number of nitrogens with one attached hydrogen (secondary N) is 1. The molecule has 0 aromatic heterocycles. The summed E-state index contributed by atoms with van der Waals surface area (Å²) in [5, 5.41) is 2.89. The summed E-state index contributed by atoms with van der Waals surface area (Å²) in [6.45, 7) is 9.84. The molecule has 3 heteroatoms. The largest absolute Gasteiger partial charge is 0.351 e. The Morgan fingerprint density at radius 1 is 1.67 bits per heavy atom. The van der Waals surface area contributed by atoms with E-state index in [1.54, 1.807) is 0 Å². The second kappa shape index (κ2) is 4.79. The van der Waals surface area contributed by atoms with Gasteiger partial charge in [-0.3, -0.25) is 4.79 Å². The van der Waals surface area contributed by atoms with Crippen LogP contribution in [0.3, 0.4) is 0 Å². The van der Waals surface area contributed by atoms with Gasteiger partial charge in [0.2, 0.25) is 5.91 Å². The maximum atomic E-state index is 11.1. The molecule has 1 atom stereocenters. The molecule has 0 bridgehead atoms. The third-order valence-electron chi connectivity index (χ3n) is 3.42. The van der Waals surface area contributed by atoms with Crippen LogP contribution in [-0.2, 0) is 4.79 Å². The molecule has 1 N–H and O–H groups in total. The molecule has 1 unspecified atom stereocenters. The van der Waals surface area contributed by atoms with Crippen molar-refractivity contribution in [3.63, 3.8) is 0 Å². The van der Waals surface area contributed by atoms with Crippen molar-refractivity contribution in [1.29, 1.82) is 0 Å². The van der Waals surface area contributed by atoms with Crippen molar-refractivity contribution in [1.82, 2.24) is 10.2 Å². The van der Waals surface area contributed by atoms with Crippen LogP contribution in [0.15, 0.2) is 12.7 Å². The molecular formula is C12H22N2O. The second-order valence-corrected chi connectivity index (χ2v) is 5.04. The van der Waals surface area contributed by atoms with Gasteiger partial charge in [-0.1, -0.05) is 20.4 Å². The Labute approximate surface area is 92.5 Å². The lowest BCUT2D eigenvalue weighted by Crippen LogP contribution is -2.53. The van der Waals surface area contributed by atoms with Gasteiger partial charge in [0.15, 0.2) is 0 Å². The molecule has 1 aliphatic heterocycles. The van der Waals surface area contributed by atoms with E-state index in [4.69, 9.17) is 0 Å². The molecule has 1 heterocycles. The van der Waals surface area contributed by atoms with Crippen LogP contribution in [0.4, 0.5) is 0 Å². The van der Waals surface area contributed by atoms with Crippen molar-refractivity contribution in [2.45, 2.75) is 32.7 Å². The minimum Gasteiger partial charge on any atom is -0.351 e. The zero-order valence-corrected chi connectivity index (χ0v) is 10.0. The first-order valence-electron chi connectivity index (χ1n) is 5.58. The highest BCUT2D eigenvalue weighted by Crippen LogP contribution is 2.33. The van der Waals surface area contributed by atoms with Gasteiger partial charge < -0.3 is 10.2 Å². The van der Waals surface area contributed by atoms with Gasteiger partial charge in [-0.05, 0) is 37.9 Å². The molecule has 1 rings (SSSR count). The first-order chi connectivity index (χ1) is 6.97. The van der Waals surface area contributed by atoms with E-state index in [1.165, 1.54) is 18.9 Å². The van der Waals surface area contributed by atoms with Crippen molar-refractivity contribution in [3.05, 3.63) is 12.7 Å². The van der Waals surface area contributed by atoms with Crippen molar-refractivity contribution in [3.8, 4) is 0 Å². The number of hydrogen-bond donors (Lipinski definition) is 1. The summed E-state index contributed by atoms with van der Waals surface area (Å²) in [6.07, 6.45) is 3.80. The van der Waals surface area contributed by atoms with Crippen LogP contribution in [0.25, 0.3) is 0 Å². The first kappa shape index (κ1) is 12.2. The molecule has 0 aliphatic carbocycles. The fourth-order valence-electron chi connectivity index (χ4n) is 2.40. The van der Waals surface area contributed by atoms with Gasteiger partial charge in [0.25, 0.3) is 0 Å². The topological polar surface area (TPSA) is 32.3 Å². The number of hydrogen-bond acceptors (Lipinski definition) is 2. The summed E-state index contributed by atoms with van der Waals surface area (Å²) in [5.41, 5.74) is 0.279. The van der Waals surface area contributed by atoms with E-state index >= 15 is 0 Å². The normalized spacial score (nSPS) is 25.9. The minimum absolute atomic E-state index is 0.0789. The standard InChI is InChI=1S/C12H22N2O/c1-5-11(15)13-9-10-12(2,3)7-6-8-14(10)4/h5,10H,1,6-9H2,2-4H3,(H,13,15). The first-order valence-corrected chi connectivity index (χ1v) is 5.58. The average Bonchev–Trinajstić information content (AvgIpc) is 2.15. The number of carbonyl (C=O) groups is 1. The van der Waals surface area contributed by atoms with Crippen LogP contribution in [-0.4, -0.2) is 37.0 Å². The zero-order valence-electron chi connectivity index (χ0n) is 10.0. The van der Waals surface area contributed by atoms with E-state index in [0.29, 0.717) is 12.6 Å². The number of likely N-dealkylation sites (tertiary alicyclic amines) is 1. The van der Waals surface area contributed by atoms with E-state index in [-0.39, 0.29) is 11.3 Å². The Morgan fingerprint density at radius 2 is 2.33 bits per heavy atom. The molecule has 15 heavy (non-hydrogen) atoms. The predicted molar refractivity (Wildman–Crippen MR) is 62.6 cm³/mol. The third kappa shape index (κ3) is 3.06. The summed E-state index contributed by atoms with van der Waals surface area (Å²) >= 11 is 0. The molecule has 3 nitrogen and oxygen atoms in total. The average molecular weight is 210 g/mol. The molecule has 0 spiro atoms. The van der Waals surface area contributed by atoms with Crippen LogP contribution in [0, 0.1) is 5.41 Å². The number of piperidine rings is 1.